The number of Topliss-reactive ketones (excluding diaryl/α,β-unsaturated/α-hetero) is 1. The highest BCUT2D eigenvalue weighted by molar-refractivity contribution is 5.82. The van der Waals surface area contributed by atoms with Crippen molar-refractivity contribution in [1.82, 2.24) is 0 Å². The van der Waals surface area contributed by atoms with Gasteiger partial charge in [0.15, 0.2) is 0 Å². The average molecular weight is 216 g/mol. The van der Waals surface area contributed by atoms with Crippen molar-refractivity contribution in [1.29, 1.82) is 0 Å². The van der Waals surface area contributed by atoms with E-state index in [0.717, 1.165) is 25.7 Å². The molecule has 0 saturated carbocycles. The molecule has 16 heavy (non-hydrogen) atoms. The largest absolute Gasteiger partial charge is 0.299 e. The molecule has 1 heteroatoms. The highest BCUT2D eigenvalue weighted by Crippen LogP contribution is 2.28. The van der Waals surface area contributed by atoms with E-state index < -0.39 is 0 Å². The molecule has 0 N–H and O–H groups in total. The summed E-state index contributed by atoms with van der Waals surface area (Å²) in [6.07, 6.45) is 3.72. The maximum absolute atomic E-state index is 12.0. The summed E-state index contributed by atoms with van der Waals surface area (Å²) >= 11 is 0. The number of benzene rings is 1. The van der Waals surface area contributed by atoms with Crippen LogP contribution in [0.5, 0.6) is 0 Å². The zero-order valence-corrected chi connectivity index (χ0v) is 10.2. The smallest absolute Gasteiger partial charge is 0.136 e. The Labute approximate surface area is 97.9 Å². The van der Waals surface area contributed by atoms with E-state index in [0.29, 0.717) is 11.7 Å². The SMILES string of the molecule is CC(C)CCC(=O)C1Cc2ccccc2C1. The molecule has 0 bridgehead atoms. The summed E-state index contributed by atoms with van der Waals surface area (Å²) in [5.74, 6) is 1.36. The Bertz CT molecular complexity index is 354. The third-order valence-corrected chi connectivity index (χ3v) is 3.47. The Kier molecular flexibility index (Phi) is 3.42. The molecular weight excluding hydrogens is 196 g/mol. The first-order valence-corrected chi connectivity index (χ1v) is 6.26. The molecule has 0 amide bonds. The topological polar surface area (TPSA) is 17.1 Å². The lowest BCUT2D eigenvalue weighted by atomic mass is 9.95. The Morgan fingerprint density at radius 3 is 2.31 bits per heavy atom. The van der Waals surface area contributed by atoms with Crippen molar-refractivity contribution in [3.05, 3.63) is 35.4 Å². The summed E-state index contributed by atoms with van der Waals surface area (Å²) in [6, 6.07) is 8.45. The lowest BCUT2D eigenvalue weighted by Crippen LogP contribution is -2.15. The molecule has 1 aliphatic carbocycles. The van der Waals surface area contributed by atoms with Crippen molar-refractivity contribution in [2.45, 2.75) is 39.5 Å². The molecule has 1 aromatic rings. The molecule has 86 valence electrons. The first-order valence-electron chi connectivity index (χ1n) is 6.26. The minimum atomic E-state index is 0.260. The Morgan fingerprint density at radius 2 is 1.81 bits per heavy atom. The molecule has 0 spiro atoms. The standard InChI is InChI=1S/C15H20O/c1-11(2)7-8-15(16)14-9-12-5-3-4-6-13(12)10-14/h3-6,11,14H,7-10H2,1-2H3. The summed E-state index contributed by atoms with van der Waals surface area (Å²) in [5, 5.41) is 0. The van der Waals surface area contributed by atoms with Crippen molar-refractivity contribution in [3.8, 4) is 0 Å². The van der Waals surface area contributed by atoms with Crippen LogP contribution in [0.1, 0.15) is 37.8 Å². The van der Waals surface area contributed by atoms with Gasteiger partial charge in [0.1, 0.15) is 5.78 Å². The van der Waals surface area contributed by atoms with Gasteiger partial charge < -0.3 is 0 Å². The number of rotatable bonds is 4. The maximum Gasteiger partial charge on any atom is 0.136 e. The zero-order valence-electron chi connectivity index (χ0n) is 10.2. The van der Waals surface area contributed by atoms with Gasteiger partial charge in [-0.25, -0.2) is 0 Å². The lowest BCUT2D eigenvalue weighted by Gasteiger charge is -2.09. The van der Waals surface area contributed by atoms with Crippen molar-refractivity contribution >= 4 is 5.78 Å². The van der Waals surface area contributed by atoms with Crippen molar-refractivity contribution in [2.75, 3.05) is 0 Å². The van der Waals surface area contributed by atoms with E-state index in [9.17, 15) is 4.79 Å². The predicted octanol–water partition coefficient (Wildman–Crippen LogP) is 3.41. The number of ketones is 1. The highest BCUT2D eigenvalue weighted by Gasteiger charge is 2.26. The minimum absolute atomic E-state index is 0.260. The third-order valence-electron chi connectivity index (χ3n) is 3.47. The number of carbonyl (C=O) groups is 1. The van der Waals surface area contributed by atoms with Gasteiger partial charge in [-0.05, 0) is 36.3 Å². The van der Waals surface area contributed by atoms with Gasteiger partial charge in [-0.15, -0.1) is 0 Å². The van der Waals surface area contributed by atoms with Crippen LogP contribution in [0.15, 0.2) is 24.3 Å². The second kappa shape index (κ2) is 4.82. The van der Waals surface area contributed by atoms with Crippen molar-refractivity contribution < 1.29 is 4.79 Å². The van der Waals surface area contributed by atoms with Gasteiger partial charge in [-0.1, -0.05) is 38.1 Å². The molecule has 2 rings (SSSR count). The van der Waals surface area contributed by atoms with Gasteiger partial charge >= 0.3 is 0 Å². The van der Waals surface area contributed by atoms with Crippen LogP contribution in [0.4, 0.5) is 0 Å². The lowest BCUT2D eigenvalue weighted by molar-refractivity contribution is -0.122. The molecule has 0 radical (unpaired) electrons. The van der Waals surface area contributed by atoms with E-state index in [2.05, 4.69) is 38.1 Å². The van der Waals surface area contributed by atoms with Crippen molar-refractivity contribution in [3.63, 3.8) is 0 Å². The van der Waals surface area contributed by atoms with Crippen LogP contribution in [0.2, 0.25) is 0 Å². The zero-order chi connectivity index (χ0) is 11.5. The summed E-state index contributed by atoms with van der Waals surface area (Å²) in [5.41, 5.74) is 2.76. The molecule has 0 unspecified atom stereocenters. The first kappa shape index (κ1) is 11.4. The van der Waals surface area contributed by atoms with Gasteiger partial charge in [0.2, 0.25) is 0 Å². The highest BCUT2D eigenvalue weighted by atomic mass is 16.1. The molecule has 1 aliphatic rings. The van der Waals surface area contributed by atoms with Gasteiger partial charge in [0, 0.05) is 12.3 Å². The van der Waals surface area contributed by atoms with Gasteiger partial charge in [-0.3, -0.25) is 4.79 Å². The first-order chi connectivity index (χ1) is 7.66. The fourth-order valence-corrected chi connectivity index (χ4v) is 2.42. The van der Waals surface area contributed by atoms with Crippen molar-refractivity contribution in [2.24, 2.45) is 11.8 Å². The predicted molar refractivity (Wildman–Crippen MR) is 66.4 cm³/mol. The summed E-state index contributed by atoms with van der Waals surface area (Å²) < 4.78 is 0. The second-order valence-electron chi connectivity index (χ2n) is 5.27. The Balaban J connectivity index is 1.93. The molecule has 0 heterocycles. The molecule has 0 fully saturated rings. The number of carbonyl (C=O) groups excluding carboxylic acids is 1. The fourth-order valence-electron chi connectivity index (χ4n) is 2.42. The molecule has 0 aromatic heterocycles. The normalized spacial score (nSPS) is 15.4. The summed E-state index contributed by atoms with van der Waals surface area (Å²) in [4.78, 5) is 12.0. The van der Waals surface area contributed by atoms with Crippen LogP contribution >= 0.6 is 0 Å². The second-order valence-corrected chi connectivity index (χ2v) is 5.27. The van der Waals surface area contributed by atoms with Crippen LogP contribution in [0.25, 0.3) is 0 Å². The minimum Gasteiger partial charge on any atom is -0.299 e. The maximum atomic E-state index is 12.0. The average Bonchev–Trinajstić information content (AvgIpc) is 2.69. The molecule has 1 nitrogen and oxygen atoms in total. The Morgan fingerprint density at radius 1 is 1.25 bits per heavy atom. The monoisotopic (exact) mass is 216 g/mol. The molecule has 0 aliphatic heterocycles. The number of hydrogen-bond donors (Lipinski definition) is 0. The summed E-state index contributed by atoms with van der Waals surface area (Å²) in [6.45, 7) is 4.35. The van der Waals surface area contributed by atoms with E-state index in [1.807, 2.05) is 0 Å². The molecule has 0 saturated heterocycles. The number of fused-ring (bicyclic) bond motifs is 1. The summed E-state index contributed by atoms with van der Waals surface area (Å²) in [7, 11) is 0. The van der Waals surface area contributed by atoms with E-state index in [-0.39, 0.29) is 5.92 Å². The van der Waals surface area contributed by atoms with Crippen LogP contribution in [0, 0.1) is 11.8 Å². The van der Waals surface area contributed by atoms with Crippen LogP contribution in [0.3, 0.4) is 0 Å². The van der Waals surface area contributed by atoms with E-state index >= 15 is 0 Å². The van der Waals surface area contributed by atoms with Crippen LogP contribution in [-0.4, -0.2) is 5.78 Å². The van der Waals surface area contributed by atoms with E-state index in [1.54, 1.807) is 0 Å². The van der Waals surface area contributed by atoms with Gasteiger partial charge in [0.25, 0.3) is 0 Å². The number of hydrogen-bond acceptors (Lipinski definition) is 1. The van der Waals surface area contributed by atoms with Gasteiger partial charge in [-0.2, -0.15) is 0 Å². The van der Waals surface area contributed by atoms with Crippen LogP contribution < -0.4 is 0 Å². The van der Waals surface area contributed by atoms with Gasteiger partial charge in [0.05, 0.1) is 0 Å². The molecule has 0 atom stereocenters. The quantitative estimate of drug-likeness (QED) is 0.754. The Hall–Kier alpha value is -1.11. The van der Waals surface area contributed by atoms with E-state index in [4.69, 9.17) is 0 Å². The fraction of sp³-hybridized carbons (Fsp3) is 0.533. The van der Waals surface area contributed by atoms with Crippen LogP contribution in [-0.2, 0) is 17.6 Å². The third kappa shape index (κ3) is 2.52. The molecule has 1 aromatic carbocycles. The molecular formula is C15H20O. The van der Waals surface area contributed by atoms with E-state index in [1.165, 1.54) is 11.1 Å².